The predicted molar refractivity (Wildman–Crippen MR) is 80.7 cm³/mol. The van der Waals surface area contributed by atoms with Crippen LogP contribution in [0, 0.1) is 0 Å². The van der Waals surface area contributed by atoms with Crippen molar-refractivity contribution in [3.63, 3.8) is 0 Å². The fourth-order valence-electron chi connectivity index (χ4n) is 1.79. The zero-order valence-electron chi connectivity index (χ0n) is 14.0. The van der Waals surface area contributed by atoms with Crippen molar-refractivity contribution in [2.24, 2.45) is 0 Å². The molecule has 1 aromatic carbocycles. The van der Waals surface area contributed by atoms with Crippen LogP contribution in [0.4, 0.5) is 0 Å². The van der Waals surface area contributed by atoms with E-state index in [1.165, 1.54) is 32.6 Å². The fourth-order valence-corrected chi connectivity index (χ4v) is 5.73. The molecule has 8 heteroatoms. The predicted octanol–water partition coefficient (Wildman–Crippen LogP) is -0.463. The van der Waals surface area contributed by atoms with E-state index in [-0.39, 0.29) is 0 Å². The number of benzene rings is 1. The van der Waals surface area contributed by atoms with E-state index in [1.807, 2.05) is 30.3 Å². The molecule has 7 nitrogen and oxygen atoms in total. The van der Waals surface area contributed by atoms with Gasteiger partial charge in [0, 0.05) is 0 Å². The monoisotopic (exact) mass is 517 g/mol. The van der Waals surface area contributed by atoms with Gasteiger partial charge in [-0.1, -0.05) is 0 Å². The summed E-state index contributed by atoms with van der Waals surface area (Å²) in [5.41, 5.74) is 0. The average molecular weight is 516 g/mol. The van der Waals surface area contributed by atoms with E-state index in [2.05, 4.69) is 0 Å². The van der Waals surface area contributed by atoms with Gasteiger partial charge in [-0.2, -0.15) is 0 Å². The zero-order valence-corrected chi connectivity index (χ0v) is 19.5. The van der Waals surface area contributed by atoms with E-state index in [1.54, 1.807) is 0 Å². The second-order valence-corrected chi connectivity index (χ2v) is 10.5. The molecular weight excluding hydrogens is 491 g/mol. The van der Waals surface area contributed by atoms with Gasteiger partial charge in [-0.25, -0.2) is 4.90 Å². The maximum absolute atomic E-state index is 10.9. The number of hydrogen-bond donors (Lipinski definition) is 4. The van der Waals surface area contributed by atoms with Gasteiger partial charge in [0.1, 0.15) is 18.7 Å². The molecule has 0 aliphatic heterocycles. The van der Waals surface area contributed by atoms with Gasteiger partial charge in [0.25, 0.3) is 0 Å². The van der Waals surface area contributed by atoms with Crippen molar-refractivity contribution in [1.82, 2.24) is 4.90 Å². The molecule has 0 saturated carbocycles. The largest absolute Gasteiger partial charge is 0.379 e. The van der Waals surface area contributed by atoms with E-state index in [0.717, 1.165) is 3.07 Å². The Kier molecular flexibility index (Phi) is 11.6. The Morgan fingerprint density at radius 2 is 1.39 bits per heavy atom. The van der Waals surface area contributed by atoms with Crippen molar-refractivity contribution in [2.75, 3.05) is 0 Å². The van der Waals surface area contributed by atoms with Crippen molar-refractivity contribution < 1.29 is 52.9 Å². The summed E-state index contributed by atoms with van der Waals surface area (Å²) in [5.74, 6) is -0.495. The van der Waals surface area contributed by atoms with E-state index in [0.29, 0.717) is 0 Å². The standard InChI is InChI=1S/C6H15NO3.C6H5.C3H6O3.Hg/c1-4(8)7(5(2)9)6(3)10;1-2-4-6-5-3-1;1-2(4)3(5)6;/h4-6,8-10H,1-3H3;1-5H;2,4H,1H3,(H,5,6);/q;;;+1/p-1. The third-order valence-corrected chi connectivity index (χ3v) is 7.66. The molecule has 0 spiro atoms. The number of nitrogens with zero attached hydrogens (tertiary/aromatic N) is 1. The molecule has 23 heavy (non-hydrogen) atoms. The molecule has 0 saturated heterocycles. The van der Waals surface area contributed by atoms with Crippen molar-refractivity contribution >= 4 is 9.04 Å². The first-order chi connectivity index (χ1) is 10.7. The topological polar surface area (TPSA) is 110 Å². The second kappa shape index (κ2) is 11.9. The summed E-state index contributed by atoms with van der Waals surface area (Å²) in [5, 5.41) is 35.7. The van der Waals surface area contributed by atoms with Crippen LogP contribution in [-0.2, 0) is 32.5 Å². The van der Waals surface area contributed by atoms with Crippen LogP contribution < -0.4 is 3.07 Å². The molecule has 4 unspecified atom stereocenters. The van der Waals surface area contributed by atoms with Crippen LogP contribution in [0.25, 0.3) is 0 Å². The second-order valence-electron chi connectivity index (χ2n) is 5.11. The Hall–Kier alpha value is -0.575. The van der Waals surface area contributed by atoms with Crippen LogP contribution in [0.15, 0.2) is 30.3 Å². The van der Waals surface area contributed by atoms with Gasteiger partial charge >= 0.3 is 90.0 Å². The van der Waals surface area contributed by atoms with Gasteiger partial charge < -0.3 is 15.3 Å². The van der Waals surface area contributed by atoms with E-state index >= 15 is 0 Å². The summed E-state index contributed by atoms with van der Waals surface area (Å²) in [6.07, 6.45) is -3.50. The third kappa shape index (κ3) is 10.0. The third-order valence-electron chi connectivity index (χ3n) is 2.86. The molecule has 0 bridgehead atoms. The molecule has 4 atom stereocenters. The van der Waals surface area contributed by atoms with Gasteiger partial charge in [0.05, 0.1) is 0 Å². The van der Waals surface area contributed by atoms with Gasteiger partial charge in [0.15, 0.2) is 0 Å². The maximum Gasteiger partial charge on any atom is 0.108 e. The van der Waals surface area contributed by atoms with Crippen molar-refractivity contribution in [2.45, 2.75) is 52.5 Å². The van der Waals surface area contributed by atoms with Crippen LogP contribution in [0.5, 0.6) is 0 Å². The van der Waals surface area contributed by atoms with Gasteiger partial charge in [-0.15, -0.1) is 0 Å². The molecular formula is C15H25HgNO6. The van der Waals surface area contributed by atoms with E-state index in [4.69, 9.17) is 23.1 Å². The molecule has 1 rings (SSSR count). The summed E-state index contributed by atoms with van der Waals surface area (Å²) in [7, 11) is 0. The number of carbonyl (C=O) groups excluding carboxylic acids is 1. The molecule has 0 heterocycles. The molecule has 0 radical (unpaired) electrons. The van der Waals surface area contributed by atoms with Crippen LogP contribution in [0.3, 0.4) is 0 Å². The zero-order chi connectivity index (χ0) is 18.0. The smallest absolute Gasteiger partial charge is 0.108 e. The van der Waals surface area contributed by atoms with E-state index in [9.17, 15) is 4.79 Å². The quantitative estimate of drug-likeness (QED) is 0.300. The van der Waals surface area contributed by atoms with Crippen LogP contribution in [-0.4, -0.2) is 56.1 Å². The molecule has 128 valence electrons. The van der Waals surface area contributed by atoms with Gasteiger partial charge in [-0.3, -0.25) is 0 Å². The minimum atomic E-state index is -1.75. The average Bonchev–Trinajstić information content (AvgIpc) is 2.45. The Labute approximate surface area is 149 Å². The van der Waals surface area contributed by atoms with Crippen molar-refractivity contribution in [1.29, 1.82) is 0 Å². The number of aliphatic hydroxyl groups is 4. The normalized spacial score (nSPS) is 15.5. The number of hydrogen-bond acceptors (Lipinski definition) is 7. The minimum Gasteiger partial charge on any atom is -0.379 e. The Balaban J connectivity index is 0.000000438. The Morgan fingerprint density at radius 3 is 1.70 bits per heavy atom. The number of rotatable bonds is 6. The molecule has 0 aromatic heterocycles. The van der Waals surface area contributed by atoms with E-state index < -0.39 is 55.8 Å². The molecule has 1 aromatic rings. The Morgan fingerprint density at radius 1 is 0.957 bits per heavy atom. The fraction of sp³-hybridized carbons (Fsp3) is 0.533. The molecule has 4 N–H and O–H groups in total. The number of aliphatic hydroxyl groups excluding tert-OH is 4. The number of carbonyl (C=O) groups is 1. The summed E-state index contributed by atoms with van der Waals surface area (Å²) in [6, 6.07) is 9.68. The first-order valence-corrected chi connectivity index (χ1v) is 12.4. The summed E-state index contributed by atoms with van der Waals surface area (Å²) in [6.45, 7) is 5.87. The Bertz CT molecular complexity index is 420. The van der Waals surface area contributed by atoms with Crippen molar-refractivity contribution in [3.05, 3.63) is 30.3 Å². The van der Waals surface area contributed by atoms with Crippen LogP contribution >= 0.6 is 0 Å². The van der Waals surface area contributed by atoms with Gasteiger partial charge in [-0.05, 0) is 20.8 Å². The van der Waals surface area contributed by atoms with Crippen LogP contribution in [0.2, 0.25) is 0 Å². The van der Waals surface area contributed by atoms with Crippen molar-refractivity contribution in [3.8, 4) is 0 Å². The summed E-state index contributed by atoms with van der Waals surface area (Å²) in [4.78, 5) is 12.1. The SMILES string of the molecule is CC(O)C(=O)[O][Hg][c]1ccccc1.CC(O)N(C(C)O)C(C)O. The first kappa shape index (κ1) is 22.4. The van der Waals surface area contributed by atoms with Gasteiger partial charge in [0.2, 0.25) is 0 Å². The summed E-state index contributed by atoms with van der Waals surface area (Å²) >= 11 is -1.75. The maximum atomic E-state index is 10.9. The molecule has 0 amide bonds. The molecule has 0 aliphatic carbocycles. The van der Waals surface area contributed by atoms with Crippen LogP contribution in [0.1, 0.15) is 27.7 Å². The minimum absolute atomic E-state index is 0.495. The molecule has 0 aliphatic rings. The molecule has 0 fully saturated rings. The first-order valence-electron chi connectivity index (χ1n) is 7.37. The summed E-state index contributed by atoms with van der Waals surface area (Å²) < 4.78 is 6.16.